The standard InChI is InChI=1S/C15H31N3O2/c1-6-18(7-2)10-9-16-15(14(19)20-8-3)11-13(4)17(5)12-15/h13,16H,6-12H2,1-5H3. The number of ether oxygens (including phenoxy) is 1. The Morgan fingerprint density at radius 2 is 2.05 bits per heavy atom. The van der Waals surface area contributed by atoms with Gasteiger partial charge in [-0.2, -0.15) is 0 Å². The first-order valence-electron chi connectivity index (χ1n) is 7.83. The largest absolute Gasteiger partial charge is 0.465 e. The summed E-state index contributed by atoms with van der Waals surface area (Å²) in [5, 5.41) is 3.48. The van der Waals surface area contributed by atoms with Gasteiger partial charge in [-0.25, -0.2) is 4.79 Å². The minimum Gasteiger partial charge on any atom is -0.465 e. The molecule has 1 saturated heterocycles. The van der Waals surface area contributed by atoms with Crippen LogP contribution in [0.3, 0.4) is 0 Å². The van der Waals surface area contributed by atoms with Crippen molar-refractivity contribution in [3.63, 3.8) is 0 Å². The first-order valence-corrected chi connectivity index (χ1v) is 7.83. The Labute approximate surface area is 123 Å². The minimum atomic E-state index is -0.530. The van der Waals surface area contributed by atoms with Gasteiger partial charge in [-0.15, -0.1) is 0 Å². The van der Waals surface area contributed by atoms with E-state index in [-0.39, 0.29) is 5.97 Å². The highest BCUT2D eigenvalue weighted by Gasteiger charge is 2.47. The third kappa shape index (κ3) is 4.17. The number of carbonyl (C=O) groups is 1. The lowest BCUT2D eigenvalue weighted by Gasteiger charge is -2.29. The van der Waals surface area contributed by atoms with Crippen LogP contribution < -0.4 is 5.32 Å². The third-order valence-corrected chi connectivity index (χ3v) is 4.37. The molecule has 1 fully saturated rings. The van der Waals surface area contributed by atoms with Crippen molar-refractivity contribution < 1.29 is 9.53 Å². The fourth-order valence-corrected chi connectivity index (χ4v) is 2.92. The number of likely N-dealkylation sites (N-methyl/N-ethyl adjacent to an activating group) is 2. The molecule has 2 unspecified atom stereocenters. The maximum Gasteiger partial charge on any atom is 0.327 e. The molecule has 0 aliphatic carbocycles. The molecule has 0 spiro atoms. The van der Waals surface area contributed by atoms with Crippen LogP contribution in [0.25, 0.3) is 0 Å². The zero-order valence-corrected chi connectivity index (χ0v) is 13.7. The SMILES string of the molecule is CCOC(=O)C1(NCCN(CC)CC)CC(C)N(C)C1. The van der Waals surface area contributed by atoms with E-state index in [4.69, 9.17) is 4.74 Å². The summed E-state index contributed by atoms with van der Waals surface area (Å²) in [6, 6.07) is 0.403. The molecule has 1 aliphatic heterocycles. The minimum absolute atomic E-state index is 0.101. The van der Waals surface area contributed by atoms with Crippen molar-refractivity contribution >= 4 is 5.97 Å². The second-order valence-corrected chi connectivity index (χ2v) is 5.72. The summed E-state index contributed by atoms with van der Waals surface area (Å²) < 4.78 is 5.29. The Kier molecular flexibility index (Phi) is 6.92. The highest BCUT2D eigenvalue weighted by molar-refractivity contribution is 5.82. The quantitative estimate of drug-likeness (QED) is 0.673. The molecule has 0 saturated carbocycles. The van der Waals surface area contributed by atoms with Gasteiger partial charge in [0, 0.05) is 25.7 Å². The molecule has 1 aliphatic rings. The second kappa shape index (κ2) is 7.96. The number of esters is 1. The summed E-state index contributed by atoms with van der Waals surface area (Å²) in [7, 11) is 2.07. The molecule has 0 radical (unpaired) electrons. The molecule has 0 amide bonds. The zero-order valence-electron chi connectivity index (χ0n) is 13.7. The van der Waals surface area contributed by atoms with Crippen molar-refractivity contribution in [2.75, 3.05) is 46.4 Å². The Balaban J connectivity index is 2.63. The van der Waals surface area contributed by atoms with Crippen molar-refractivity contribution in [1.29, 1.82) is 0 Å². The molecule has 0 aromatic rings. The van der Waals surface area contributed by atoms with Crippen LogP contribution in [0.5, 0.6) is 0 Å². The molecule has 5 nitrogen and oxygen atoms in total. The maximum atomic E-state index is 12.3. The summed E-state index contributed by atoms with van der Waals surface area (Å²) in [4.78, 5) is 16.9. The lowest BCUT2D eigenvalue weighted by molar-refractivity contribution is -0.150. The van der Waals surface area contributed by atoms with Crippen molar-refractivity contribution in [1.82, 2.24) is 15.1 Å². The van der Waals surface area contributed by atoms with Crippen molar-refractivity contribution in [2.24, 2.45) is 0 Å². The van der Waals surface area contributed by atoms with Crippen LogP contribution in [0.2, 0.25) is 0 Å². The van der Waals surface area contributed by atoms with E-state index in [0.717, 1.165) is 39.1 Å². The van der Waals surface area contributed by atoms with Crippen LogP contribution in [0, 0.1) is 0 Å². The highest BCUT2D eigenvalue weighted by Crippen LogP contribution is 2.27. The second-order valence-electron chi connectivity index (χ2n) is 5.72. The molecule has 20 heavy (non-hydrogen) atoms. The van der Waals surface area contributed by atoms with E-state index < -0.39 is 5.54 Å². The van der Waals surface area contributed by atoms with E-state index in [1.165, 1.54) is 0 Å². The number of likely N-dealkylation sites (tertiary alicyclic amines) is 1. The average molecular weight is 285 g/mol. The summed E-state index contributed by atoms with van der Waals surface area (Å²) in [6.07, 6.45) is 0.820. The average Bonchev–Trinajstić information content (AvgIpc) is 2.72. The normalized spacial score (nSPS) is 27.2. The van der Waals surface area contributed by atoms with E-state index in [1.54, 1.807) is 0 Å². The third-order valence-electron chi connectivity index (χ3n) is 4.37. The number of carbonyl (C=O) groups excluding carboxylic acids is 1. The van der Waals surface area contributed by atoms with E-state index in [0.29, 0.717) is 12.6 Å². The van der Waals surface area contributed by atoms with Gasteiger partial charge in [0.2, 0.25) is 0 Å². The molecule has 0 bridgehead atoms. The highest BCUT2D eigenvalue weighted by atomic mass is 16.5. The lowest BCUT2D eigenvalue weighted by atomic mass is 9.96. The van der Waals surface area contributed by atoms with Gasteiger partial charge in [0.1, 0.15) is 5.54 Å². The lowest BCUT2D eigenvalue weighted by Crippen LogP contribution is -2.56. The fraction of sp³-hybridized carbons (Fsp3) is 0.933. The Morgan fingerprint density at radius 3 is 2.50 bits per heavy atom. The molecular weight excluding hydrogens is 254 g/mol. The first kappa shape index (κ1) is 17.4. The number of hydrogen-bond donors (Lipinski definition) is 1. The van der Waals surface area contributed by atoms with Gasteiger partial charge in [-0.05, 0) is 40.4 Å². The molecule has 1 heterocycles. The number of rotatable bonds is 8. The zero-order chi connectivity index (χ0) is 15.2. The number of nitrogens with one attached hydrogen (secondary N) is 1. The summed E-state index contributed by atoms with van der Waals surface area (Å²) >= 11 is 0. The molecule has 0 aromatic heterocycles. The Hall–Kier alpha value is -0.650. The predicted molar refractivity (Wildman–Crippen MR) is 81.9 cm³/mol. The summed E-state index contributed by atoms with van der Waals surface area (Å²) in [5.41, 5.74) is -0.530. The van der Waals surface area contributed by atoms with Gasteiger partial charge in [0.15, 0.2) is 0 Å². The monoisotopic (exact) mass is 285 g/mol. The van der Waals surface area contributed by atoms with Crippen molar-refractivity contribution in [3.05, 3.63) is 0 Å². The van der Waals surface area contributed by atoms with Gasteiger partial charge in [0.25, 0.3) is 0 Å². The van der Waals surface area contributed by atoms with Gasteiger partial charge in [-0.1, -0.05) is 13.8 Å². The molecule has 2 atom stereocenters. The molecule has 0 aromatic carbocycles. The molecular formula is C15H31N3O2. The van der Waals surface area contributed by atoms with Gasteiger partial charge >= 0.3 is 5.97 Å². The topological polar surface area (TPSA) is 44.8 Å². The number of nitrogens with zero attached hydrogens (tertiary/aromatic N) is 2. The Morgan fingerprint density at radius 1 is 1.40 bits per heavy atom. The van der Waals surface area contributed by atoms with Gasteiger partial charge in [-0.3, -0.25) is 5.32 Å². The van der Waals surface area contributed by atoms with Crippen LogP contribution in [0.15, 0.2) is 0 Å². The molecule has 1 rings (SSSR count). The summed E-state index contributed by atoms with van der Waals surface area (Å²) in [6.45, 7) is 13.4. The van der Waals surface area contributed by atoms with E-state index in [2.05, 4.69) is 42.9 Å². The molecule has 1 N–H and O–H groups in total. The van der Waals surface area contributed by atoms with Crippen molar-refractivity contribution in [3.8, 4) is 0 Å². The Bertz CT molecular complexity index is 295. The fourth-order valence-electron chi connectivity index (χ4n) is 2.92. The smallest absolute Gasteiger partial charge is 0.327 e. The molecule has 5 heteroatoms. The summed E-state index contributed by atoms with van der Waals surface area (Å²) in [5.74, 6) is -0.101. The van der Waals surface area contributed by atoms with Crippen LogP contribution >= 0.6 is 0 Å². The van der Waals surface area contributed by atoms with Crippen molar-refractivity contribution in [2.45, 2.75) is 45.7 Å². The maximum absolute atomic E-state index is 12.3. The van der Waals surface area contributed by atoms with Gasteiger partial charge < -0.3 is 14.5 Å². The van der Waals surface area contributed by atoms with Crippen LogP contribution in [-0.4, -0.2) is 73.7 Å². The first-order chi connectivity index (χ1) is 9.49. The van der Waals surface area contributed by atoms with E-state index in [1.807, 2.05) is 6.92 Å². The van der Waals surface area contributed by atoms with Crippen LogP contribution in [-0.2, 0) is 9.53 Å². The van der Waals surface area contributed by atoms with Crippen LogP contribution in [0.1, 0.15) is 34.1 Å². The van der Waals surface area contributed by atoms with E-state index in [9.17, 15) is 4.79 Å². The molecule has 118 valence electrons. The number of hydrogen-bond acceptors (Lipinski definition) is 5. The van der Waals surface area contributed by atoms with E-state index >= 15 is 0 Å². The predicted octanol–water partition coefficient (Wildman–Crippen LogP) is 0.944. The van der Waals surface area contributed by atoms with Gasteiger partial charge in [0.05, 0.1) is 6.61 Å². The van der Waals surface area contributed by atoms with Crippen LogP contribution in [0.4, 0.5) is 0 Å².